The fraction of sp³-hybridized carbons (Fsp3) is 0. The van der Waals surface area contributed by atoms with Crippen LogP contribution in [-0.4, -0.2) is 0 Å². The summed E-state index contributed by atoms with van der Waals surface area (Å²) in [6.45, 7) is 0. The van der Waals surface area contributed by atoms with Crippen molar-refractivity contribution in [2.24, 2.45) is 0 Å². The maximum Gasteiger partial charge on any atom is 0.143 e. The maximum atomic E-state index is 9.69. The lowest BCUT2D eigenvalue weighted by atomic mass is 9.85. The molecule has 0 amide bonds. The van der Waals surface area contributed by atoms with Gasteiger partial charge in [0.15, 0.2) is 0 Å². The highest BCUT2D eigenvalue weighted by atomic mass is 16.3. The molecule has 0 atom stereocenters. The second-order valence-corrected chi connectivity index (χ2v) is 12.3. The molecule has 1 heterocycles. The number of fused-ring (bicyclic) bond motifs is 6. The van der Waals surface area contributed by atoms with Gasteiger partial charge in [-0.25, -0.2) is 0 Å². The van der Waals surface area contributed by atoms with Crippen LogP contribution in [0, 0.1) is 0 Å². The van der Waals surface area contributed by atoms with E-state index in [-0.39, 0.29) is 58.2 Å². The molecule has 10 rings (SSSR count). The van der Waals surface area contributed by atoms with Gasteiger partial charge in [0.05, 0.1) is 8.22 Å². The summed E-state index contributed by atoms with van der Waals surface area (Å²) < 4.78 is 63.5. The van der Waals surface area contributed by atoms with Gasteiger partial charge in [-0.1, -0.05) is 164 Å². The molecule has 0 N–H and O–H groups in total. The van der Waals surface area contributed by atoms with E-state index in [1.165, 1.54) is 0 Å². The Morgan fingerprint density at radius 1 is 0.367 bits per heavy atom. The lowest BCUT2D eigenvalue weighted by molar-refractivity contribution is 0.670. The first-order valence-electron chi connectivity index (χ1n) is 19.4. The van der Waals surface area contributed by atoms with Crippen molar-refractivity contribution in [3.63, 3.8) is 0 Å². The van der Waals surface area contributed by atoms with Gasteiger partial charge in [0.25, 0.3) is 0 Å². The second kappa shape index (κ2) is 11.1. The molecule has 9 aromatic carbocycles. The lowest BCUT2D eigenvalue weighted by Gasteiger charge is -2.18. The third-order valence-electron chi connectivity index (χ3n) is 9.50. The number of rotatable bonds is 4. The molecule has 0 bridgehead atoms. The van der Waals surface area contributed by atoms with Crippen molar-refractivity contribution in [1.29, 1.82) is 0 Å². The molecule has 0 fully saturated rings. The molecule has 1 nitrogen and oxygen atoms in total. The Bertz CT molecular complexity index is 3150. The average molecular weight is 629 g/mol. The van der Waals surface area contributed by atoms with Crippen LogP contribution in [0.25, 0.3) is 98.8 Å². The third-order valence-corrected chi connectivity index (χ3v) is 9.50. The van der Waals surface area contributed by atoms with E-state index in [0.717, 1.165) is 54.6 Å². The van der Waals surface area contributed by atoms with Crippen molar-refractivity contribution in [2.75, 3.05) is 0 Å². The topological polar surface area (TPSA) is 13.1 Å². The maximum absolute atomic E-state index is 9.69. The molecule has 0 unspecified atom stereocenters. The monoisotopic (exact) mass is 628 g/mol. The fourth-order valence-electron chi connectivity index (χ4n) is 7.35. The first-order valence-corrected chi connectivity index (χ1v) is 16.4. The molecule has 0 saturated heterocycles. The van der Waals surface area contributed by atoms with Crippen LogP contribution in [0.1, 0.15) is 8.22 Å². The van der Waals surface area contributed by atoms with Crippen LogP contribution in [0.5, 0.6) is 0 Å². The van der Waals surface area contributed by atoms with E-state index < -0.39 is 0 Å². The smallest absolute Gasteiger partial charge is 0.143 e. The highest BCUT2D eigenvalue weighted by Crippen LogP contribution is 2.45. The predicted octanol–water partition coefficient (Wildman–Crippen LogP) is 13.7. The van der Waals surface area contributed by atoms with Crippen LogP contribution in [-0.2, 0) is 0 Å². The number of hydrogen-bond donors (Lipinski definition) is 0. The molecule has 0 aliphatic rings. The number of furan rings is 1. The minimum absolute atomic E-state index is 0.00218. The van der Waals surface area contributed by atoms with Gasteiger partial charge in [-0.2, -0.15) is 0 Å². The van der Waals surface area contributed by atoms with E-state index in [1.54, 1.807) is 6.07 Å². The number of hydrogen-bond acceptors (Lipinski definition) is 1. The molecular formula is C48H30O. The summed E-state index contributed by atoms with van der Waals surface area (Å²) in [6, 6.07) is 46.2. The van der Waals surface area contributed by atoms with E-state index in [1.807, 2.05) is 127 Å². The largest absolute Gasteiger partial charge is 0.455 e. The van der Waals surface area contributed by atoms with Crippen LogP contribution < -0.4 is 0 Å². The molecule has 49 heavy (non-hydrogen) atoms. The Kier molecular flexibility index (Phi) is 5.02. The van der Waals surface area contributed by atoms with Gasteiger partial charge >= 0.3 is 0 Å². The van der Waals surface area contributed by atoms with Crippen LogP contribution in [0.15, 0.2) is 186 Å². The van der Waals surface area contributed by atoms with Gasteiger partial charge in [-0.3, -0.25) is 0 Å². The van der Waals surface area contributed by atoms with Gasteiger partial charge in [0.2, 0.25) is 0 Å². The summed E-state index contributed by atoms with van der Waals surface area (Å²) in [5.41, 5.74) is 6.62. The summed E-state index contributed by atoms with van der Waals surface area (Å²) in [5.74, 6) is 0. The number of benzene rings is 9. The standard InChI is InChI=1S/C48H30O/c1-3-13-31(14-4-1)37-21-12-24-44-47(37)43-23-11-22-38(48(43)49-44)35-27-25-34-30-36(28-26-33(34)29-35)46-41-19-9-7-17-39(41)45(32-15-5-2-6-16-32)40-18-8-10-20-42(40)46/h1-30H/i25D,26D,27D,28D,29D,30D. The predicted molar refractivity (Wildman–Crippen MR) is 208 cm³/mol. The van der Waals surface area contributed by atoms with Gasteiger partial charge in [-0.15, -0.1) is 0 Å². The third kappa shape index (κ3) is 4.40. The van der Waals surface area contributed by atoms with Crippen molar-refractivity contribution in [1.82, 2.24) is 0 Å². The Hall–Kier alpha value is -6.44. The highest BCUT2D eigenvalue weighted by molar-refractivity contribution is 6.22. The summed E-state index contributed by atoms with van der Waals surface area (Å²) in [7, 11) is 0. The van der Waals surface area contributed by atoms with E-state index in [2.05, 4.69) is 12.1 Å². The molecule has 0 aliphatic carbocycles. The lowest BCUT2D eigenvalue weighted by Crippen LogP contribution is -1.90. The Labute approximate surface area is 292 Å². The van der Waals surface area contributed by atoms with Gasteiger partial charge in [0.1, 0.15) is 11.2 Å². The van der Waals surface area contributed by atoms with Crippen LogP contribution in [0.3, 0.4) is 0 Å². The number of para-hydroxylation sites is 1. The Morgan fingerprint density at radius 3 is 1.51 bits per heavy atom. The van der Waals surface area contributed by atoms with Gasteiger partial charge in [0, 0.05) is 16.3 Å². The van der Waals surface area contributed by atoms with Crippen molar-refractivity contribution in [3.8, 4) is 44.5 Å². The zero-order valence-corrected chi connectivity index (χ0v) is 26.3. The van der Waals surface area contributed by atoms with Crippen LogP contribution >= 0.6 is 0 Å². The second-order valence-electron chi connectivity index (χ2n) is 12.3. The van der Waals surface area contributed by atoms with Crippen molar-refractivity contribution in [3.05, 3.63) is 182 Å². The minimum atomic E-state index is -0.270. The molecule has 0 saturated carbocycles. The normalized spacial score (nSPS) is 13.4. The van der Waals surface area contributed by atoms with Gasteiger partial charge < -0.3 is 4.42 Å². The summed E-state index contributed by atoms with van der Waals surface area (Å²) in [5, 5.41) is 5.22. The van der Waals surface area contributed by atoms with Crippen molar-refractivity contribution < 1.29 is 12.6 Å². The zero-order valence-electron chi connectivity index (χ0n) is 32.3. The Balaban J connectivity index is 1.27. The quantitative estimate of drug-likeness (QED) is 0.177. The van der Waals surface area contributed by atoms with Crippen molar-refractivity contribution >= 4 is 54.3 Å². The summed E-state index contributed by atoms with van der Waals surface area (Å²) in [4.78, 5) is 0. The van der Waals surface area contributed by atoms with Crippen LogP contribution in [0.2, 0.25) is 0 Å². The summed E-state index contributed by atoms with van der Waals surface area (Å²) in [6.07, 6.45) is 0. The average Bonchev–Trinajstić information content (AvgIpc) is 3.61. The van der Waals surface area contributed by atoms with E-state index >= 15 is 0 Å². The summed E-state index contributed by atoms with van der Waals surface area (Å²) >= 11 is 0. The zero-order chi connectivity index (χ0) is 37.5. The SMILES string of the molecule is [2H]c1c(-c2cccc3c2oc2cccc(-c4ccccc4)c23)c([2H])c2c([2H])c([2H])c(-c3c4ccccc4c(-c4ccccc4)c4ccccc34)c([2H])c2c1[2H]. The molecular weight excluding hydrogens is 593 g/mol. The van der Waals surface area contributed by atoms with Crippen LogP contribution in [0.4, 0.5) is 0 Å². The van der Waals surface area contributed by atoms with E-state index in [9.17, 15) is 8.22 Å². The first-order chi connectivity index (χ1) is 26.8. The first kappa shape index (κ1) is 22.2. The molecule has 10 aromatic rings. The molecule has 0 aliphatic heterocycles. The van der Waals surface area contributed by atoms with Crippen molar-refractivity contribution in [2.45, 2.75) is 0 Å². The molecule has 0 radical (unpaired) electrons. The molecule has 1 aromatic heterocycles. The Morgan fingerprint density at radius 2 is 0.857 bits per heavy atom. The minimum Gasteiger partial charge on any atom is -0.455 e. The molecule has 0 spiro atoms. The molecule has 228 valence electrons. The highest BCUT2D eigenvalue weighted by Gasteiger charge is 2.18. The van der Waals surface area contributed by atoms with E-state index in [0.29, 0.717) is 22.3 Å². The fourth-order valence-corrected chi connectivity index (χ4v) is 7.35. The van der Waals surface area contributed by atoms with E-state index in [4.69, 9.17) is 4.42 Å². The molecule has 1 heteroatoms. The van der Waals surface area contributed by atoms with Gasteiger partial charge in [-0.05, 0) is 89.4 Å².